The van der Waals surface area contributed by atoms with Crippen LogP contribution in [0.1, 0.15) is 30.9 Å². The molecule has 1 radical (unpaired) electrons. The zero-order chi connectivity index (χ0) is 20.5. The molecule has 0 spiro atoms. The Labute approximate surface area is 183 Å². The second-order valence-electron chi connectivity index (χ2n) is 7.03. The van der Waals surface area contributed by atoms with Crippen LogP contribution in [0.25, 0.3) is 0 Å². The topological polar surface area (TPSA) is 53.0 Å². The van der Waals surface area contributed by atoms with Gasteiger partial charge >= 0.3 is 0 Å². The second kappa shape index (κ2) is 8.34. The number of hydrogen-bond acceptors (Lipinski definition) is 4. The number of benzene rings is 2. The van der Waals surface area contributed by atoms with Crippen LogP contribution in [-0.4, -0.2) is 35.4 Å². The fourth-order valence-electron chi connectivity index (χ4n) is 3.77. The number of rotatable bonds is 4. The minimum Gasteiger partial charge on any atom is -0.327 e. The van der Waals surface area contributed by atoms with Crippen molar-refractivity contribution in [2.75, 3.05) is 11.6 Å². The van der Waals surface area contributed by atoms with E-state index in [2.05, 4.69) is 5.10 Å². The predicted molar refractivity (Wildman–Crippen MR) is 116 cm³/mol. The van der Waals surface area contributed by atoms with Gasteiger partial charge in [-0.15, -0.1) is 0 Å². The van der Waals surface area contributed by atoms with Crippen LogP contribution >= 0.6 is 34.8 Å². The van der Waals surface area contributed by atoms with E-state index in [0.29, 0.717) is 45.9 Å². The van der Waals surface area contributed by atoms with E-state index in [1.165, 1.54) is 0 Å². The zero-order valence-corrected chi connectivity index (χ0v) is 17.6. The molecule has 2 aliphatic rings. The SMILES string of the molecule is O=[C]C1CCCN1C(=O)C1=NN(c2ccc(Cl)cc2Cl)C(c2ccc(Cl)cc2)C1. The van der Waals surface area contributed by atoms with E-state index < -0.39 is 6.04 Å². The number of amides is 1. The van der Waals surface area contributed by atoms with Crippen LogP contribution in [0, 0.1) is 0 Å². The molecule has 0 aromatic heterocycles. The van der Waals surface area contributed by atoms with Gasteiger partial charge in [-0.2, -0.15) is 5.10 Å². The number of halogens is 3. The first kappa shape index (κ1) is 20.2. The summed E-state index contributed by atoms with van der Waals surface area (Å²) in [6.45, 7) is 0.533. The molecular formula is C21H17Cl3N3O2. The summed E-state index contributed by atoms with van der Waals surface area (Å²) < 4.78 is 0. The van der Waals surface area contributed by atoms with Crippen molar-refractivity contribution in [2.45, 2.75) is 31.3 Å². The molecule has 1 fully saturated rings. The van der Waals surface area contributed by atoms with Gasteiger partial charge in [-0.25, -0.2) is 0 Å². The highest BCUT2D eigenvalue weighted by atomic mass is 35.5. The van der Waals surface area contributed by atoms with Crippen molar-refractivity contribution in [3.8, 4) is 0 Å². The van der Waals surface area contributed by atoms with Gasteiger partial charge in [0, 0.05) is 23.0 Å². The van der Waals surface area contributed by atoms with Gasteiger partial charge in [0.25, 0.3) is 5.91 Å². The lowest BCUT2D eigenvalue weighted by Crippen LogP contribution is -2.40. The summed E-state index contributed by atoms with van der Waals surface area (Å²) in [4.78, 5) is 25.8. The Hall–Kier alpha value is -2.08. The number of hydrazone groups is 1. The Kier molecular flexibility index (Phi) is 5.81. The first-order valence-corrected chi connectivity index (χ1v) is 10.4. The molecule has 0 aliphatic carbocycles. The number of likely N-dealkylation sites (tertiary alicyclic amines) is 1. The highest BCUT2D eigenvalue weighted by Crippen LogP contribution is 2.40. The summed E-state index contributed by atoms with van der Waals surface area (Å²) in [5.74, 6) is -0.234. The van der Waals surface area contributed by atoms with Crippen LogP contribution < -0.4 is 5.01 Å². The molecule has 2 atom stereocenters. The lowest BCUT2D eigenvalue weighted by Gasteiger charge is -2.25. The molecule has 2 heterocycles. The van der Waals surface area contributed by atoms with E-state index in [1.54, 1.807) is 40.2 Å². The van der Waals surface area contributed by atoms with Crippen LogP contribution in [0.5, 0.6) is 0 Å². The van der Waals surface area contributed by atoms with Gasteiger partial charge in [-0.1, -0.05) is 46.9 Å². The molecule has 149 valence electrons. The smallest absolute Gasteiger partial charge is 0.270 e. The van der Waals surface area contributed by atoms with E-state index in [-0.39, 0.29) is 11.9 Å². The lowest BCUT2D eigenvalue weighted by molar-refractivity contribution is -0.124. The van der Waals surface area contributed by atoms with Crippen molar-refractivity contribution < 1.29 is 9.59 Å². The van der Waals surface area contributed by atoms with E-state index in [4.69, 9.17) is 34.8 Å². The van der Waals surface area contributed by atoms with E-state index in [0.717, 1.165) is 12.0 Å². The van der Waals surface area contributed by atoms with E-state index in [1.807, 2.05) is 18.4 Å². The van der Waals surface area contributed by atoms with Gasteiger partial charge < -0.3 is 4.90 Å². The summed E-state index contributed by atoms with van der Waals surface area (Å²) in [6.07, 6.45) is 3.77. The van der Waals surface area contributed by atoms with Crippen molar-refractivity contribution in [1.29, 1.82) is 0 Å². The molecule has 8 heteroatoms. The molecule has 2 aromatic rings. The average molecular weight is 450 g/mol. The van der Waals surface area contributed by atoms with Crippen LogP contribution in [0.4, 0.5) is 5.69 Å². The van der Waals surface area contributed by atoms with Crippen molar-refractivity contribution in [3.63, 3.8) is 0 Å². The van der Waals surface area contributed by atoms with Crippen LogP contribution in [0.15, 0.2) is 47.6 Å². The van der Waals surface area contributed by atoms with E-state index in [9.17, 15) is 9.59 Å². The Balaban J connectivity index is 1.71. The molecule has 0 N–H and O–H groups in total. The third-order valence-corrected chi connectivity index (χ3v) is 6.01. The molecule has 1 saturated heterocycles. The van der Waals surface area contributed by atoms with Crippen LogP contribution in [-0.2, 0) is 9.59 Å². The largest absolute Gasteiger partial charge is 0.327 e. The zero-order valence-electron chi connectivity index (χ0n) is 15.3. The minimum absolute atomic E-state index is 0.230. The first-order chi connectivity index (χ1) is 14.0. The van der Waals surface area contributed by atoms with Crippen LogP contribution in [0.3, 0.4) is 0 Å². The highest BCUT2D eigenvalue weighted by molar-refractivity contribution is 6.40. The lowest BCUT2D eigenvalue weighted by atomic mass is 10.0. The monoisotopic (exact) mass is 448 g/mol. The highest BCUT2D eigenvalue weighted by Gasteiger charge is 2.38. The Morgan fingerprint density at radius 1 is 1.07 bits per heavy atom. The summed E-state index contributed by atoms with van der Waals surface area (Å²) in [6, 6.07) is 11.8. The number of nitrogens with zero attached hydrogens (tertiary/aromatic N) is 3. The van der Waals surface area contributed by atoms with Gasteiger partial charge in [-0.05, 0) is 48.7 Å². The Bertz CT molecular complexity index is 978. The van der Waals surface area contributed by atoms with Gasteiger partial charge in [0.1, 0.15) is 5.71 Å². The fraction of sp³-hybridized carbons (Fsp3) is 0.286. The quantitative estimate of drug-likeness (QED) is 0.656. The molecular weight excluding hydrogens is 433 g/mol. The maximum atomic E-state index is 13.1. The number of hydrogen-bond donors (Lipinski definition) is 0. The summed E-state index contributed by atoms with van der Waals surface area (Å²) >= 11 is 18.5. The normalized spacial score (nSPS) is 21.4. The third kappa shape index (κ3) is 4.00. The average Bonchev–Trinajstić information content (AvgIpc) is 3.35. The molecule has 4 rings (SSSR count). The number of carbonyl (C=O) groups is 1. The second-order valence-corrected chi connectivity index (χ2v) is 8.31. The Morgan fingerprint density at radius 3 is 2.48 bits per heavy atom. The van der Waals surface area contributed by atoms with Crippen LogP contribution in [0.2, 0.25) is 15.1 Å². The first-order valence-electron chi connectivity index (χ1n) is 9.24. The maximum absolute atomic E-state index is 13.1. The molecule has 29 heavy (non-hydrogen) atoms. The van der Waals surface area contributed by atoms with Gasteiger partial charge in [-0.3, -0.25) is 14.6 Å². The summed E-state index contributed by atoms with van der Waals surface area (Å²) in [5, 5.41) is 7.93. The van der Waals surface area contributed by atoms with Gasteiger partial charge in [0.05, 0.1) is 22.8 Å². The maximum Gasteiger partial charge on any atom is 0.270 e. The van der Waals surface area contributed by atoms with Crippen molar-refractivity contribution in [2.24, 2.45) is 5.10 Å². The standard InChI is InChI=1S/C21H17Cl3N3O2/c22-14-5-3-13(4-6-14)20-11-18(21(29)26-9-1-2-16(26)12-28)25-27(20)19-8-7-15(23)10-17(19)24/h3-8,10,16,20H,1-2,9,11H2. The number of anilines is 1. The van der Waals surface area contributed by atoms with Gasteiger partial charge in [0.15, 0.2) is 0 Å². The summed E-state index contributed by atoms with van der Waals surface area (Å²) in [5.41, 5.74) is 1.99. The molecule has 0 saturated carbocycles. The molecule has 0 bridgehead atoms. The Morgan fingerprint density at radius 2 is 1.79 bits per heavy atom. The van der Waals surface area contributed by atoms with Gasteiger partial charge in [0.2, 0.25) is 6.29 Å². The fourth-order valence-corrected chi connectivity index (χ4v) is 4.39. The third-order valence-electron chi connectivity index (χ3n) is 5.22. The van der Waals surface area contributed by atoms with Crippen molar-refractivity contribution in [3.05, 3.63) is 63.1 Å². The molecule has 1 amide bonds. The van der Waals surface area contributed by atoms with E-state index >= 15 is 0 Å². The summed E-state index contributed by atoms with van der Waals surface area (Å²) in [7, 11) is 0. The number of carbonyl (C=O) groups excluding carboxylic acids is 2. The molecule has 5 nitrogen and oxygen atoms in total. The van der Waals surface area contributed by atoms with Crippen molar-refractivity contribution in [1.82, 2.24) is 4.90 Å². The van der Waals surface area contributed by atoms with Crippen molar-refractivity contribution >= 4 is 58.4 Å². The predicted octanol–water partition coefficient (Wildman–Crippen LogP) is 5.05. The minimum atomic E-state index is -0.507. The molecule has 2 aliphatic heterocycles. The molecule has 2 aromatic carbocycles. The molecule has 2 unspecified atom stereocenters.